The van der Waals surface area contributed by atoms with Gasteiger partial charge in [-0.25, -0.2) is 4.98 Å². The first-order valence-corrected chi connectivity index (χ1v) is 11.7. The molecule has 0 aliphatic carbocycles. The van der Waals surface area contributed by atoms with Crippen LogP contribution in [0.15, 0.2) is 36.4 Å². The molecule has 0 saturated carbocycles. The standard InChI is InChI=1S/C26H29ClN2O3S/c1-7-12-29(23(16-31-5)20-10-8-19(9-11-20)15-30-4)26-28-25(18(3)33-26)21-13-17(2)24(32-6)14-22(21)27/h1,8-11,13-14,23H,12,15-16H2,2-6H3. The Morgan fingerprint density at radius 2 is 1.85 bits per heavy atom. The van der Waals surface area contributed by atoms with E-state index in [1.165, 1.54) is 0 Å². The molecule has 0 N–H and O–H groups in total. The number of thiazole rings is 1. The minimum Gasteiger partial charge on any atom is -0.496 e. The van der Waals surface area contributed by atoms with Crippen LogP contribution < -0.4 is 9.64 Å². The largest absolute Gasteiger partial charge is 0.496 e. The number of terminal acetylenes is 1. The van der Waals surface area contributed by atoms with E-state index in [0.29, 0.717) is 24.8 Å². The molecule has 0 spiro atoms. The fourth-order valence-electron chi connectivity index (χ4n) is 3.76. The number of halogens is 1. The van der Waals surface area contributed by atoms with Crippen molar-refractivity contribution >= 4 is 28.1 Å². The summed E-state index contributed by atoms with van der Waals surface area (Å²) in [6.45, 7) is 5.48. The Kier molecular flexibility index (Phi) is 8.76. The highest BCUT2D eigenvalue weighted by Crippen LogP contribution is 2.40. The van der Waals surface area contributed by atoms with Gasteiger partial charge >= 0.3 is 0 Å². The first-order chi connectivity index (χ1) is 15.9. The molecule has 0 amide bonds. The molecule has 33 heavy (non-hydrogen) atoms. The molecular weight excluding hydrogens is 456 g/mol. The second-order valence-electron chi connectivity index (χ2n) is 7.68. The van der Waals surface area contributed by atoms with Crippen LogP contribution in [-0.4, -0.2) is 39.5 Å². The van der Waals surface area contributed by atoms with Gasteiger partial charge in [-0.3, -0.25) is 0 Å². The van der Waals surface area contributed by atoms with Crippen LogP contribution in [0.4, 0.5) is 5.13 Å². The van der Waals surface area contributed by atoms with Gasteiger partial charge in [0.15, 0.2) is 5.13 Å². The van der Waals surface area contributed by atoms with Crippen molar-refractivity contribution in [1.29, 1.82) is 0 Å². The van der Waals surface area contributed by atoms with E-state index in [-0.39, 0.29) is 6.04 Å². The van der Waals surface area contributed by atoms with Gasteiger partial charge in [-0.15, -0.1) is 17.8 Å². The van der Waals surface area contributed by atoms with E-state index < -0.39 is 0 Å². The van der Waals surface area contributed by atoms with Crippen molar-refractivity contribution in [3.63, 3.8) is 0 Å². The summed E-state index contributed by atoms with van der Waals surface area (Å²) in [7, 11) is 5.02. The highest BCUT2D eigenvalue weighted by Gasteiger charge is 2.25. The number of nitrogens with zero attached hydrogens (tertiary/aromatic N) is 2. The van der Waals surface area contributed by atoms with Crippen LogP contribution in [0.1, 0.15) is 27.6 Å². The van der Waals surface area contributed by atoms with Crippen LogP contribution in [0.5, 0.6) is 5.75 Å². The molecule has 1 atom stereocenters. The van der Waals surface area contributed by atoms with Crippen LogP contribution in [0.25, 0.3) is 11.3 Å². The topological polar surface area (TPSA) is 43.8 Å². The monoisotopic (exact) mass is 484 g/mol. The van der Waals surface area contributed by atoms with Gasteiger partial charge in [0.25, 0.3) is 0 Å². The summed E-state index contributed by atoms with van der Waals surface area (Å²) in [5.74, 6) is 3.54. The molecule has 0 fully saturated rings. The molecule has 174 valence electrons. The quantitative estimate of drug-likeness (QED) is 0.327. The van der Waals surface area contributed by atoms with Gasteiger partial charge in [0.05, 0.1) is 43.6 Å². The Morgan fingerprint density at radius 1 is 1.12 bits per heavy atom. The van der Waals surface area contributed by atoms with Crippen LogP contribution in [-0.2, 0) is 16.1 Å². The van der Waals surface area contributed by atoms with E-state index in [1.54, 1.807) is 32.7 Å². The number of aromatic nitrogens is 1. The Bertz CT molecular complexity index is 1120. The second-order valence-corrected chi connectivity index (χ2v) is 9.27. The Balaban J connectivity index is 2.02. The third kappa shape index (κ3) is 5.69. The Labute approximate surface area is 205 Å². The van der Waals surface area contributed by atoms with Gasteiger partial charge < -0.3 is 19.1 Å². The summed E-state index contributed by atoms with van der Waals surface area (Å²) in [6, 6.07) is 12.1. The van der Waals surface area contributed by atoms with Crippen molar-refractivity contribution in [2.75, 3.05) is 39.4 Å². The molecular formula is C26H29ClN2O3S. The summed E-state index contributed by atoms with van der Waals surface area (Å²) in [5, 5.41) is 1.43. The maximum Gasteiger partial charge on any atom is 0.187 e. The molecule has 3 rings (SSSR count). The average molecular weight is 485 g/mol. The number of anilines is 1. The molecule has 1 heterocycles. The summed E-state index contributed by atoms with van der Waals surface area (Å²) in [5.41, 5.74) is 4.93. The van der Waals surface area contributed by atoms with Crippen molar-refractivity contribution in [2.24, 2.45) is 0 Å². The molecule has 7 heteroatoms. The lowest BCUT2D eigenvalue weighted by atomic mass is 10.0. The first kappa shape index (κ1) is 25.1. The number of benzene rings is 2. The minimum atomic E-state index is -0.0888. The van der Waals surface area contributed by atoms with Gasteiger partial charge in [-0.2, -0.15) is 0 Å². The highest BCUT2D eigenvalue weighted by molar-refractivity contribution is 7.16. The number of ether oxygens (including phenoxy) is 3. The Hall–Kier alpha value is -2.56. The maximum absolute atomic E-state index is 6.59. The predicted molar refractivity (Wildman–Crippen MR) is 137 cm³/mol. The zero-order valence-corrected chi connectivity index (χ0v) is 21.2. The van der Waals surface area contributed by atoms with Crippen molar-refractivity contribution < 1.29 is 14.2 Å². The van der Waals surface area contributed by atoms with Gasteiger partial charge in [0, 0.05) is 24.7 Å². The normalized spacial score (nSPS) is 11.8. The van der Waals surface area contributed by atoms with E-state index in [9.17, 15) is 0 Å². The molecule has 0 aliphatic heterocycles. The van der Waals surface area contributed by atoms with E-state index in [2.05, 4.69) is 35.1 Å². The molecule has 0 saturated heterocycles. The Morgan fingerprint density at radius 3 is 2.45 bits per heavy atom. The van der Waals surface area contributed by atoms with Gasteiger partial charge in [0.2, 0.25) is 0 Å². The predicted octanol–water partition coefficient (Wildman–Crippen LogP) is 6.06. The van der Waals surface area contributed by atoms with Crippen LogP contribution in [0.3, 0.4) is 0 Å². The van der Waals surface area contributed by atoms with E-state index in [1.807, 2.05) is 26.0 Å². The summed E-state index contributed by atoms with van der Waals surface area (Å²) in [6.07, 6.45) is 5.77. The second kappa shape index (κ2) is 11.5. The van der Waals surface area contributed by atoms with Gasteiger partial charge in [-0.1, -0.05) is 41.8 Å². The fourth-order valence-corrected chi connectivity index (χ4v) is 4.97. The van der Waals surface area contributed by atoms with Crippen LogP contribution in [0, 0.1) is 26.2 Å². The van der Waals surface area contributed by atoms with Gasteiger partial charge in [0.1, 0.15) is 5.75 Å². The van der Waals surface area contributed by atoms with Crippen LogP contribution >= 0.6 is 22.9 Å². The van der Waals surface area contributed by atoms with Crippen molar-refractivity contribution in [1.82, 2.24) is 4.98 Å². The van der Waals surface area contributed by atoms with Gasteiger partial charge in [-0.05, 0) is 42.7 Å². The fraction of sp³-hybridized carbons (Fsp3) is 0.346. The van der Waals surface area contributed by atoms with Crippen LogP contribution in [0.2, 0.25) is 5.02 Å². The van der Waals surface area contributed by atoms with E-state index >= 15 is 0 Å². The first-order valence-electron chi connectivity index (χ1n) is 10.5. The smallest absolute Gasteiger partial charge is 0.187 e. The highest BCUT2D eigenvalue weighted by atomic mass is 35.5. The number of rotatable bonds is 10. The lowest BCUT2D eigenvalue weighted by molar-refractivity contribution is 0.177. The molecule has 0 radical (unpaired) electrons. The number of hydrogen-bond donors (Lipinski definition) is 0. The lowest BCUT2D eigenvalue weighted by Crippen LogP contribution is -2.32. The minimum absolute atomic E-state index is 0.0888. The zero-order valence-electron chi connectivity index (χ0n) is 19.6. The lowest BCUT2D eigenvalue weighted by Gasteiger charge is -2.30. The third-order valence-electron chi connectivity index (χ3n) is 5.41. The van der Waals surface area contributed by atoms with Crippen molar-refractivity contribution in [3.8, 4) is 29.4 Å². The summed E-state index contributed by atoms with van der Waals surface area (Å²) < 4.78 is 16.2. The molecule has 5 nitrogen and oxygen atoms in total. The molecule has 1 unspecified atom stereocenters. The maximum atomic E-state index is 6.59. The average Bonchev–Trinajstić information content (AvgIpc) is 3.19. The molecule has 0 bridgehead atoms. The number of aryl methyl sites for hydroxylation is 2. The number of methoxy groups -OCH3 is 3. The molecule has 2 aromatic carbocycles. The third-order valence-corrected chi connectivity index (χ3v) is 6.73. The SMILES string of the molecule is C#CCN(c1nc(-c2cc(C)c(OC)cc2Cl)c(C)s1)C(COC)c1ccc(COC)cc1. The molecule has 1 aromatic heterocycles. The molecule has 3 aromatic rings. The summed E-state index contributed by atoms with van der Waals surface area (Å²) in [4.78, 5) is 8.15. The number of hydrogen-bond acceptors (Lipinski definition) is 6. The zero-order chi connectivity index (χ0) is 24.0. The molecule has 0 aliphatic rings. The van der Waals surface area contributed by atoms with Crippen molar-refractivity contribution in [3.05, 3.63) is 63.0 Å². The van der Waals surface area contributed by atoms with E-state index in [0.717, 1.165) is 43.7 Å². The van der Waals surface area contributed by atoms with Crippen molar-refractivity contribution in [2.45, 2.75) is 26.5 Å². The van der Waals surface area contributed by atoms with E-state index in [4.69, 9.17) is 37.2 Å². The summed E-state index contributed by atoms with van der Waals surface area (Å²) >= 11 is 8.19.